The Morgan fingerprint density at radius 2 is 2.04 bits per heavy atom. The Balaban J connectivity index is 1.85. The standard InChI is InChI=1S/C17H29N3O3S2/c1-5-12(2)14-10-23-16(22)20(14)13-6-8-19(9-7-13)15(21)11-25-17(24)18(3)4/h12-14H,5-11H2,1-4H3. The first-order chi connectivity index (χ1) is 11.8. The van der Waals surface area contributed by atoms with Crippen LogP contribution >= 0.6 is 24.0 Å². The van der Waals surface area contributed by atoms with Crippen LogP contribution in [0.1, 0.15) is 33.1 Å². The van der Waals surface area contributed by atoms with Gasteiger partial charge in [0.15, 0.2) is 0 Å². The first-order valence-corrected chi connectivity index (χ1v) is 10.3. The molecule has 0 radical (unpaired) electrons. The van der Waals surface area contributed by atoms with Gasteiger partial charge in [-0.3, -0.25) is 9.69 Å². The van der Waals surface area contributed by atoms with E-state index >= 15 is 0 Å². The van der Waals surface area contributed by atoms with Crippen molar-refractivity contribution in [3.05, 3.63) is 0 Å². The molecule has 0 aromatic heterocycles. The molecule has 2 amide bonds. The Hall–Kier alpha value is -1.02. The zero-order chi connectivity index (χ0) is 18.6. The number of nitrogens with zero attached hydrogens (tertiary/aromatic N) is 3. The number of rotatable bonds is 5. The number of thioether (sulfide) groups is 1. The van der Waals surface area contributed by atoms with Crippen LogP contribution in [0, 0.1) is 5.92 Å². The van der Waals surface area contributed by atoms with Crippen LogP contribution < -0.4 is 0 Å². The van der Waals surface area contributed by atoms with Crippen molar-refractivity contribution in [2.24, 2.45) is 5.92 Å². The number of thiocarbonyl (C=S) groups is 1. The number of carbonyl (C=O) groups excluding carboxylic acids is 2. The molecule has 2 fully saturated rings. The molecule has 0 bridgehead atoms. The summed E-state index contributed by atoms with van der Waals surface area (Å²) in [4.78, 5) is 30.2. The van der Waals surface area contributed by atoms with Gasteiger partial charge >= 0.3 is 6.09 Å². The lowest BCUT2D eigenvalue weighted by atomic mass is 9.95. The Bertz CT molecular complexity index is 507. The van der Waals surface area contributed by atoms with Gasteiger partial charge in [0.1, 0.15) is 10.9 Å². The van der Waals surface area contributed by atoms with Crippen LogP contribution in [0.5, 0.6) is 0 Å². The SMILES string of the molecule is CCC(C)C1COC(=O)N1C1CCN(C(=O)CSC(=S)N(C)C)CC1. The fraction of sp³-hybridized carbons (Fsp3) is 0.824. The van der Waals surface area contributed by atoms with E-state index in [9.17, 15) is 9.59 Å². The number of hydrogen-bond donors (Lipinski definition) is 0. The summed E-state index contributed by atoms with van der Waals surface area (Å²) in [5, 5.41) is 0. The maximum atomic E-state index is 12.4. The third-order valence-corrected chi connectivity index (χ3v) is 6.86. The summed E-state index contributed by atoms with van der Waals surface area (Å²) in [6.45, 7) is 6.18. The molecule has 2 heterocycles. The molecular weight excluding hydrogens is 358 g/mol. The highest BCUT2D eigenvalue weighted by Gasteiger charge is 2.41. The van der Waals surface area contributed by atoms with Crippen LogP contribution in [0.2, 0.25) is 0 Å². The maximum absolute atomic E-state index is 12.4. The van der Waals surface area contributed by atoms with E-state index in [0.717, 1.165) is 23.6 Å². The first-order valence-electron chi connectivity index (χ1n) is 8.92. The number of piperidine rings is 1. The molecule has 0 aromatic rings. The van der Waals surface area contributed by atoms with Crippen molar-refractivity contribution >= 4 is 40.3 Å². The zero-order valence-corrected chi connectivity index (χ0v) is 17.2. The minimum atomic E-state index is -0.193. The van der Waals surface area contributed by atoms with Crippen molar-refractivity contribution in [1.29, 1.82) is 0 Å². The predicted molar refractivity (Wildman–Crippen MR) is 105 cm³/mol. The molecule has 2 atom stereocenters. The van der Waals surface area contributed by atoms with E-state index in [0.29, 0.717) is 31.4 Å². The minimum Gasteiger partial charge on any atom is -0.447 e. The number of ether oxygens (including phenoxy) is 1. The van der Waals surface area contributed by atoms with Crippen LogP contribution in [0.15, 0.2) is 0 Å². The largest absolute Gasteiger partial charge is 0.447 e. The predicted octanol–water partition coefficient (Wildman–Crippen LogP) is 2.42. The van der Waals surface area contributed by atoms with Gasteiger partial charge in [-0.2, -0.15) is 0 Å². The molecule has 2 rings (SSSR count). The van der Waals surface area contributed by atoms with Gasteiger partial charge in [-0.05, 0) is 18.8 Å². The second-order valence-electron chi connectivity index (χ2n) is 7.00. The molecule has 0 spiro atoms. The molecule has 2 unspecified atom stereocenters. The van der Waals surface area contributed by atoms with Crippen molar-refractivity contribution in [2.45, 2.75) is 45.2 Å². The second kappa shape index (κ2) is 9.07. The molecule has 25 heavy (non-hydrogen) atoms. The van der Waals surface area contributed by atoms with E-state index in [4.69, 9.17) is 17.0 Å². The smallest absolute Gasteiger partial charge is 0.410 e. The summed E-state index contributed by atoms with van der Waals surface area (Å²) in [7, 11) is 3.77. The molecule has 8 heteroatoms. The minimum absolute atomic E-state index is 0.120. The average molecular weight is 388 g/mol. The highest BCUT2D eigenvalue weighted by atomic mass is 32.2. The summed E-state index contributed by atoms with van der Waals surface area (Å²) in [6, 6.07) is 0.339. The van der Waals surface area contributed by atoms with Gasteiger partial charge < -0.3 is 14.5 Å². The van der Waals surface area contributed by atoms with E-state index in [2.05, 4.69) is 13.8 Å². The summed E-state index contributed by atoms with van der Waals surface area (Å²) in [5.74, 6) is 0.924. The summed E-state index contributed by atoms with van der Waals surface area (Å²) < 4.78 is 6.02. The summed E-state index contributed by atoms with van der Waals surface area (Å²) >= 11 is 6.61. The van der Waals surface area contributed by atoms with Gasteiger partial charge in [0.25, 0.3) is 0 Å². The fourth-order valence-corrected chi connectivity index (χ4v) is 4.18. The van der Waals surface area contributed by atoms with Gasteiger partial charge in [0, 0.05) is 33.2 Å². The van der Waals surface area contributed by atoms with Crippen molar-refractivity contribution in [1.82, 2.24) is 14.7 Å². The summed E-state index contributed by atoms with van der Waals surface area (Å²) in [5.41, 5.74) is 0. The number of carbonyl (C=O) groups is 2. The van der Waals surface area contributed by atoms with Gasteiger partial charge in [-0.1, -0.05) is 44.2 Å². The van der Waals surface area contributed by atoms with Crippen LogP contribution in [0.3, 0.4) is 0 Å². The van der Waals surface area contributed by atoms with E-state index in [-0.39, 0.29) is 24.1 Å². The van der Waals surface area contributed by atoms with Crippen molar-refractivity contribution in [3.63, 3.8) is 0 Å². The average Bonchev–Trinajstić information content (AvgIpc) is 3.00. The number of likely N-dealkylation sites (tertiary alicyclic amines) is 1. The lowest BCUT2D eigenvalue weighted by molar-refractivity contribution is -0.129. The first kappa shape index (κ1) is 20.3. The van der Waals surface area contributed by atoms with Gasteiger partial charge in [-0.15, -0.1) is 0 Å². The third-order valence-electron chi connectivity index (χ3n) is 5.14. The lowest BCUT2D eigenvalue weighted by Gasteiger charge is -2.39. The summed E-state index contributed by atoms with van der Waals surface area (Å²) in [6.07, 6.45) is 2.47. The van der Waals surface area contributed by atoms with Crippen molar-refractivity contribution in [3.8, 4) is 0 Å². The van der Waals surface area contributed by atoms with E-state index in [1.54, 1.807) is 0 Å². The Kier molecular flexibility index (Phi) is 7.37. The Labute approximate surface area is 160 Å². The lowest BCUT2D eigenvalue weighted by Crippen LogP contribution is -2.51. The molecule has 2 aliphatic rings. The highest BCUT2D eigenvalue weighted by Crippen LogP contribution is 2.29. The molecule has 6 nitrogen and oxygen atoms in total. The fourth-order valence-electron chi connectivity index (χ4n) is 3.31. The molecular formula is C17H29N3O3S2. The highest BCUT2D eigenvalue weighted by molar-refractivity contribution is 8.23. The molecule has 0 aliphatic carbocycles. The second-order valence-corrected chi connectivity index (χ2v) is 8.61. The normalized spacial score (nSPS) is 22.7. The van der Waals surface area contributed by atoms with Gasteiger partial charge in [0.05, 0.1) is 11.8 Å². The monoisotopic (exact) mass is 387 g/mol. The topological polar surface area (TPSA) is 53.1 Å². The molecule has 142 valence electrons. The number of amides is 2. The van der Waals surface area contributed by atoms with Crippen LogP contribution in [0.25, 0.3) is 0 Å². The molecule has 0 aromatic carbocycles. The van der Waals surface area contributed by atoms with E-state index < -0.39 is 0 Å². The zero-order valence-electron chi connectivity index (χ0n) is 15.6. The van der Waals surface area contributed by atoms with Crippen LogP contribution in [0.4, 0.5) is 4.79 Å². The quantitative estimate of drug-likeness (QED) is 0.676. The third kappa shape index (κ3) is 5.00. The van der Waals surface area contributed by atoms with Crippen molar-refractivity contribution in [2.75, 3.05) is 39.5 Å². The molecule has 0 saturated carbocycles. The van der Waals surface area contributed by atoms with Gasteiger partial charge in [0.2, 0.25) is 5.91 Å². The van der Waals surface area contributed by atoms with Crippen LogP contribution in [-0.2, 0) is 9.53 Å². The van der Waals surface area contributed by atoms with E-state index in [1.165, 1.54) is 11.8 Å². The van der Waals surface area contributed by atoms with Gasteiger partial charge in [-0.25, -0.2) is 4.79 Å². The van der Waals surface area contributed by atoms with Crippen LogP contribution in [-0.4, -0.2) is 82.6 Å². The molecule has 2 saturated heterocycles. The number of hydrogen-bond acceptors (Lipinski definition) is 5. The molecule has 2 aliphatic heterocycles. The number of cyclic esters (lactones) is 1. The maximum Gasteiger partial charge on any atom is 0.410 e. The Morgan fingerprint density at radius 1 is 1.40 bits per heavy atom. The van der Waals surface area contributed by atoms with E-state index in [1.807, 2.05) is 28.8 Å². The Morgan fingerprint density at radius 3 is 2.60 bits per heavy atom. The van der Waals surface area contributed by atoms with Crippen molar-refractivity contribution < 1.29 is 14.3 Å². The molecule has 0 N–H and O–H groups in total.